The molecule has 0 bridgehead atoms. The molecule has 0 aliphatic carbocycles. The smallest absolute Gasteiger partial charge is 0.319 e. The van der Waals surface area contributed by atoms with Crippen LogP contribution in [0, 0.1) is 12.7 Å². The number of urea groups is 1. The van der Waals surface area contributed by atoms with E-state index in [4.69, 9.17) is 11.6 Å². The lowest BCUT2D eigenvalue weighted by molar-refractivity contribution is 0.251. The second kappa shape index (κ2) is 6.39. The topological polar surface area (TPSA) is 41.1 Å². The molecule has 0 spiro atoms. The number of aryl methyl sites for hydroxylation is 1. The minimum Gasteiger partial charge on any atom is -0.334 e. The van der Waals surface area contributed by atoms with E-state index >= 15 is 0 Å². The second-order valence-corrected chi connectivity index (χ2v) is 4.83. The first kappa shape index (κ1) is 14.3. The van der Waals surface area contributed by atoms with Gasteiger partial charge >= 0.3 is 6.03 Å². The number of benzene rings is 2. The van der Waals surface area contributed by atoms with E-state index in [9.17, 15) is 9.18 Å². The van der Waals surface area contributed by atoms with Gasteiger partial charge in [-0.3, -0.25) is 0 Å². The fourth-order valence-corrected chi connectivity index (χ4v) is 1.85. The molecule has 0 heterocycles. The molecule has 5 heteroatoms. The Morgan fingerprint density at radius 2 is 1.90 bits per heavy atom. The summed E-state index contributed by atoms with van der Waals surface area (Å²) in [6, 6.07) is 10.9. The molecule has 0 unspecified atom stereocenters. The molecule has 2 aromatic carbocycles. The second-order valence-electron chi connectivity index (χ2n) is 4.39. The van der Waals surface area contributed by atoms with E-state index in [2.05, 4.69) is 10.6 Å². The lowest BCUT2D eigenvalue weighted by Gasteiger charge is -2.10. The van der Waals surface area contributed by atoms with Crippen molar-refractivity contribution in [1.29, 1.82) is 0 Å². The Bertz CT molecular complexity index is 614. The third-order valence-electron chi connectivity index (χ3n) is 2.81. The van der Waals surface area contributed by atoms with Gasteiger partial charge in [-0.05, 0) is 42.3 Å². The zero-order chi connectivity index (χ0) is 14.5. The minimum atomic E-state index is -0.334. The first-order valence-electron chi connectivity index (χ1n) is 6.10. The molecule has 104 valence electrons. The highest BCUT2D eigenvalue weighted by Gasteiger charge is 2.05. The van der Waals surface area contributed by atoms with Crippen molar-refractivity contribution in [2.45, 2.75) is 13.5 Å². The quantitative estimate of drug-likeness (QED) is 0.878. The van der Waals surface area contributed by atoms with Crippen LogP contribution in [0.25, 0.3) is 0 Å². The zero-order valence-electron chi connectivity index (χ0n) is 10.9. The van der Waals surface area contributed by atoms with E-state index in [0.717, 1.165) is 11.1 Å². The highest BCUT2D eigenvalue weighted by molar-refractivity contribution is 6.31. The van der Waals surface area contributed by atoms with E-state index in [1.54, 1.807) is 24.3 Å². The zero-order valence-corrected chi connectivity index (χ0v) is 11.7. The van der Waals surface area contributed by atoms with Gasteiger partial charge < -0.3 is 10.6 Å². The molecule has 0 fully saturated rings. The van der Waals surface area contributed by atoms with Gasteiger partial charge in [-0.1, -0.05) is 29.8 Å². The molecule has 0 radical (unpaired) electrons. The largest absolute Gasteiger partial charge is 0.334 e. The molecule has 0 aliphatic heterocycles. The summed E-state index contributed by atoms with van der Waals surface area (Å²) in [6.45, 7) is 2.21. The summed E-state index contributed by atoms with van der Waals surface area (Å²) in [7, 11) is 0. The third-order valence-corrected chi connectivity index (χ3v) is 3.05. The molecule has 0 aromatic heterocycles. The average Bonchev–Trinajstić information content (AvgIpc) is 2.42. The van der Waals surface area contributed by atoms with Gasteiger partial charge in [0.25, 0.3) is 0 Å². The van der Waals surface area contributed by atoms with Crippen molar-refractivity contribution in [2.24, 2.45) is 0 Å². The van der Waals surface area contributed by atoms with Crippen molar-refractivity contribution in [1.82, 2.24) is 5.32 Å². The summed E-state index contributed by atoms with van der Waals surface area (Å²) >= 11 is 5.88. The predicted octanol–water partition coefficient (Wildman–Crippen LogP) is 4.11. The van der Waals surface area contributed by atoms with Crippen LogP contribution in [0.15, 0.2) is 42.5 Å². The number of carbonyl (C=O) groups excluding carboxylic acids is 1. The molecular formula is C15H14ClFN2O. The number of hydrogen-bond donors (Lipinski definition) is 2. The van der Waals surface area contributed by atoms with Crippen LogP contribution >= 0.6 is 11.6 Å². The molecule has 0 saturated carbocycles. The summed E-state index contributed by atoms with van der Waals surface area (Å²) in [4.78, 5) is 11.8. The minimum absolute atomic E-state index is 0.298. The third kappa shape index (κ3) is 3.96. The van der Waals surface area contributed by atoms with Crippen molar-refractivity contribution in [3.63, 3.8) is 0 Å². The molecular weight excluding hydrogens is 279 g/mol. The summed E-state index contributed by atoms with van der Waals surface area (Å²) in [6.07, 6.45) is 0. The van der Waals surface area contributed by atoms with Gasteiger partial charge in [0.1, 0.15) is 5.82 Å². The number of anilines is 1. The van der Waals surface area contributed by atoms with Crippen LogP contribution in [0.5, 0.6) is 0 Å². The molecule has 20 heavy (non-hydrogen) atoms. The summed E-state index contributed by atoms with van der Waals surface area (Å²) in [5.41, 5.74) is 2.41. The number of amides is 2. The Labute approximate surface area is 121 Å². The fourth-order valence-electron chi connectivity index (χ4n) is 1.68. The maximum absolute atomic E-state index is 12.7. The van der Waals surface area contributed by atoms with E-state index in [1.807, 2.05) is 13.0 Å². The Hall–Kier alpha value is -2.07. The van der Waals surface area contributed by atoms with Gasteiger partial charge in [-0.15, -0.1) is 0 Å². The first-order chi connectivity index (χ1) is 9.54. The molecule has 0 aliphatic rings. The number of halogens is 2. The molecule has 2 amide bonds. The summed E-state index contributed by atoms with van der Waals surface area (Å²) < 4.78 is 12.7. The van der Waals surface area contributed by atoms with Crippen LogP contribution in [0.2, 0.25) is 5.02 Å². The van der Waals surface area contributed by atoms with E-state index in [-0.39, 0.29) is 11.8 Å². The normalized spacial score (nSPS) is 10.2. The van der Waals surface area contributed by atoms with Crippen LogP contribution in [0.4, 0.5) is 14.9 Å². The van der Waals surface area contributed by atoms with Crippen LogP contribution in [-0.2, 0) is 6.54 Å². The molecule has 2 rings (SSSR count). The first-order valence-corrected chi connectivity index (χ1v) is 6.48. The van der Waals surface area contributed by atoms with Crippen molar-refractivity contribution >= 4 is 23.3 Å². The van der Waals surface area contributed by atoms with Crippen LogP contribution in [0.3, 0.4) is 0 Å². The van der Waals surface area contributed by atoms with Crippen molar-refractivity contribution in [3.05, 3.63) is 64.4 Å². The molecule has 0 saturated heterocycles. The van der Waals surface area contributed by atoms with E-state index in [0.29, 0.717) is 17.3 Å². The van der Waals surface area contributed by atoms with Gasteiger partial charge in [0, 0.05) is 17.3 Å². The maximum atomic E-state index is 12.7. The Kier molecular flexibility index (Phi) is 4.58. The monoisotopic (exact) mass is 292 g/mol. The maximum Gasteiger partial charge on any atom is 0.319 e. The van der Waals surface area contributed by atoms with Crippen LogP contribution in [0.1, 0.15) is 11.1 Å². The van der Waals surface area contributed by atoms with Gasteiger partial charge in [-0.2, -0.15) is 0 Å². The SMILES string of the molecule is Cc1ccc(Cl)cc1NC(=O)NCc1ccc(F)cc1. The van der Waals surface area contributed by atoms with Gasteiger partial charge in [0.05, 0.1) is 0 Å². The predicted molar refractivity (Wildman–Crippen MR) is 78.4 cm³/mol. The molecule has 2 aromatic rings. The fraction of sp³-hybridized carbons (Fsp3) is 0.133. The van der Waals surface area contributed by atoms with Gasteiger partial charge in [0.15, 0.2) is 0 Å². The van der Waals surface area contributed by atoms with Gasteiger partial charge in [0.2, 0.25) is 0 Å². The van der Waals surface area contributed by atoms with Crippen LogP contribution < -0.4 is 10.6 Å². The van der Waals surface area contributed by atoms with E-state index < -0.39 is 0 Å². The Balaban J connectivity index is 1.92. The average molecular weight is 293 g/mol. The van der Waals surface area contributed by atoms with Crippen molar-refractivity contribution in [2.75, 3.05) is 5.32 Å². The van der Waals surface area contributed by atoms with Crippen LogP contribution in [-0.4, -0.2) is 6.03 Å². The molecule has 0 atom stereocenters. The standard InChI is InChI=1S/C15H14ClFN2O/c1-10-2-5-12(16)8-14(10)19-15(20)18-9-11-3-6-13(17)7-4-11/h2-8H,9H2,1H3,(H2,18,19,20). The number of hydrogen-bond acceptors (Lipinski definition) is 1. The summed E-state index contributed by atoms with van der Waals surface area (Å²) in [5.74, 6) is -0.298. The van der Waals surface area contributed by atoms with Crippen molar-refractivity contribution in [3.8, 4) is 0 Å². The lowest BCUT2D eigenvalue weighted by atomic mass is 10.2. The Morgan fingerprint density at radius 1 is 1.20 bits per heavy atom. The highest BCUT2D eigenvalue weighted by atomic mass is 35.5. The van der Waals surface area contributed by atoms with Gasteiger partial charge in [-0.25, -0.2) is 9.18 Å². The lowest BCUT2D eigenvalue weighted by Crippen LogP contribution is -2.28. The van der Waals surface area contributed by atoms with Crippen molar-refractivity contribution < 1.29 is 9.18 Å². The highest BCUT2D eigenvalue weighted by Crippen LogP contribution is 2.19. The number of rotatable bonds is 3. The molecule has 2 N–H and O–H groups in total. The number of nitrogens with one attached hydrogen (secondary N) is 2. The summed E-state index contributed by atoms with van der Waals surface area (Å²) in [5, 5.41) is 5.98. The Morgan fingerprint density at radius 3 is 2.60 bits per heavy atom. The molecule has 3 nitrogen and oxygen atoms in total. The van der Waals surface area contributed by atoms with E-state index in [1.165, 1.54) is 12.1 Å². The number of carbonyl (C=O) groups is 1.